The van der Waals surface area contributed by atoms with E-state index in [1.54, 1.807) is 11.8 Å². The zero-order chi connectivity index (χ0) is 20.5. The summed E-state index contributed by atoms with van der Waals surface area (Å²) in [6, 6.07) is 23.7. The minimum absolute atomic E-state index is 0.108. The normalized spacial score (nSPS) is 24.1. The summed E-state index contributed by atoms with van der Waals surface area (Å²) >= 11 is 1.81. The van der Waals surface area contributed by atoms with Crippen molar-refractivity contribution in [2.75, 3.05) is 6.61 Å². The van der Waals surface area contributed by atoms with Crippen LogP contribution in [0.15, 0.2) is 76.6 Å². The maximum absolute atomic E-state index is 6.33. The molecule has 0 aromatic heterocycles. The Kier molecular flexibility index (Phi) is 3.85. The van der Waals surface area contributed by atoms with E-state index in [1.165, 1.54) is 32.5 Å². The molecular weight excluding hydrogens is 388 g/mol. The molecule has 3 aromatic rings. The SMILES string of the molecule is CC1=C(c2ccccc2)N2C(=N[C@@H]3c4c(ccc5ccccc45)OC[C@@H]3C2(C)C)S1. The largest absolute Gasteiger partial charge is 0.493 e. The van der Waals surface area contributed by atoms with Crippen LogP contribution < -0.4 is 4.74 Å². The molecule has 0 aliphatic carbocycles. The summed E-state index contributed by atoms with van der Waals surface area (Å²) in [5.74, 6) is 1.25. The molecule has 3 heterocycles. The Labute approximate surface area is 181 Å². The van der Waals surface area contributed by atoms with Gasteiger partial charge in [-0.2, -0.15) is 0 Å². The van der Waals surface area contributed by atoms with Crippen molar-refractivity contribution in [2.45, 2.75) is 32.4 Å². The number of amidine groups is 1. The van der Waals surface area contributed by atoms with Crippen molar-refractivity contribution in [3.63, 3.8) is 0 Å². The van der Waals surface area contributed by atoms with Gasteiger partial charge < -0.3 is 9.64 Å². The maximum atomic E-state index is 6.33. The minimum atomic E-state index is -0.119. The number of ether oxygens (including phenoxy) is 1. The smallest absolute Gasteiger partial charge is 0.169 e. The van der Waals surface area contributed by atoms with Crippen molar-refractivity contribution < 1.29 is 4.74 Å². The first-order valence-electron chi connectivity index (χ1n) is 10.5. The molecule has 3 aromatic carbocycles. The Bertz CT molecular complexity index is 1230. The van der Waals surface area contributed by atoms with Crippen LogP contribution in [0, 0.1) is 5.92 Å². The molecule has 0 unspecified atom stereocenters. The lowest BCUT2D eigenvalue weighted by Crippen LogP contribution is -2.56. The van der Waals surface area contributed by atoms with Gasteiger partial charge >= 0.3 is 0 Å². The lowest BCUT2D eigenvalue weighted by molar-refractivity contribution is 0.0753. The van der Waals surface area contributed by atoms with Crippen LogP contribution in [0.25, 0.3) is 16.5 Å². The average molecular weight is 413 g/mol. The molecule has 3 nitrogen and oxygen atoms in total. The quantitative estimate of drug-likeness (QED) is 0.457. The second-order valence-corrected chi connectivity index (χ2v) is 10.0. The molecule has 2 atom stereocenters. The predicted molar refractivity (Wildman–Crippen MR) is 126 cm³/mol. The molecule has 3 aliphatic heterocycles. The lowest BCUT2D eigenvalue weighted by atomic mass is 9.74. The van der Waals surface area contributed by atoms with Crippen molar-refractivity contribution in [3.05, 3.63) is 82.8 Å². The molecular formula is C26H24N2OS. The van der Waals surface area contributed by atoms with Gasteiger partial charge in [0, 0.05) is 21.9 Å². The van der Waals surface area contributed by atoms with Crippen LogP contribution in [0.1, 0.15) is 37.9 Å². The number of hydrogen-bond acceptors (Lipinski definition) is 4. The van der Waals surface area contributed by atoms with Crippen molar-refractivity contribution in [1.29, 1.82) is 0 Å². The fraction of sp³-hybridized carbons (Fsp3) is 0.269. The van der Waals surface area contributed by atoms with E-state index in [9.17, 15) is 0 Å². The molecule has 0 radical (unpaired) electrons. The number of thioether (sulfide) groups is 1. The van der Waals surface area contributed by atoms with Gasteiger partial charge in [0.1, 0.15) is 5.75 Å². The Balaban J connectivity index is 1.54. The molecule has 6 rings (SSSR count). The second-order valence-electron chi connectivity index (χ2n) is 8.83. The number of rotatable bonds is 1. The average Bonchev–Trinajstić information content (AvgIpc) is 3.10. The summed E-state index contributed by atoms with van der Waals surface area (Å²) in [4.78, 5) is 9.14. The van der Waals surface area contributed by atoms with E-state index in [4.69, 9.17) is 9.73 Å². The van der Waals surface area contributed by atoms with Crippen molar-refractivity contribution in [2.24, 2.45) is 10.9 Å². The van der Waals surface area contributed by atoms with Crippen LogP contribution in [0.2, 0.25) is 0 Å². The Morgan fingerprint density at radius 3 is 2.60 bits per heavy atom. The third-order valence-corrected chi connectivity index (χ3v) is 7.77. The monoisotopic (exact) mass is 412 g/mol. The molecule has 0 saturated carbocycles. The summed E-state index contributed by atoms with van der Waals surface area (Å²) in [6.45, 7) is 7.59. The van der Waals surface area contributed by atoms with Crippen LogP contribution >= 0.6 is 11.8 Å². The second kappa shape index (κ2) is 6.39. The maximum Gasteiger partial charge on any atom is 0.169 e. The molecule has 0 N–H and O–H groups in total. The van der Waals surface area contributed by atoms with Gasteiger partial charge in [-0.3, -0.25) is 4.99 Å². The standard InChI is InChI=1S/C26H24N2OS/c1-16-24(18-10-5-4-6-11-18)28-25(30-16)27-23-20(26(28,2)3)15-29-21-14-13-17-9-7-8-12-19(17)22(21)23/h4-14,20,23H,15H2,1-3H3/t20-,23-/m0/s1. The minimum Gasteiger partial charge on any atom is -0.493 e. The van der Waals surface area contributed by atoms with E-state index in [0.717, 1.165) is 10.9 Å². The number of hydrogen-bond donors (Lipinski definition) is 0. The van der Waals surface area contributed by atoms with E-state index in [-0.39, 0.29) is 17.5 Å². The topological polar surface area (TPSA) is 24.8 Å². The van der Waals surface area contributed by atoms with E-state index >= 15 is 0 Å². The van der Waals surface area contributed by atoms with Gasteiger partial charge in [0.15, 0.2) is 5.17 Å². The summed E-state index contributed by atoms with van der Waals surface area (Å²) in [6.07, 6.45) is 0. The zero-order valence-electron chi connectivity index (χ0n) is 17.4. The van der Waals surface area contributed by atoms with Crippen LogP contribution in [-0.2, 0) is 0 Å². The summed E-state index contributed by atoms with van der Waals surface area (Å²) < 4.78 is 6.33. The van der Waals surface area contributed by atoms with Gasteiger partial charge in [-0.05, 0) is 43.2 Å². The molecule has 30 heavy (non-hydrogen) atoms. The lowest BCUT2D eigenvalue weighted by Gasteiger charge is -2.51. The Hall–Kier alpha value is -2.72. The summed E-state index contributed by atoms with van der Waals surface area (Å²) in [5.41, 5.74) is 3.66. The van der Waals surface area contributed by atoms with Crippen LogP contribution in [0.4, 0.5) is 0 Å². The summed E-state index contributed by atoms with van der Waals surface area (Å²) in [5, 5.41) is 3.62. The van der Waals surface area contributed by atoms with Gasteiger partial charge in [0.05, 0.1) is 18.3 Å². The van der Waals surface area contributed by atoms with Crippen LogP contribution in [0.5, 0.6) is 5.75 Å². The van der Waals surface area contributed by atoms with Gasteiger partial charge in [-0.15, -0.1) is 0 Å². The van der Waals surface area contributed by atoms with Crippen LogP contribution in [0.3, 0.4) is 0 Å². The van der Waals surface area contributed by atoms with Gasteiger partial charge in [0.25, 0.3) is 0 Å². The number of benzene rings is 3. The Morgan fingerprint density at radius 1 is 1.00 bits per heavy atom. The highest BCUT2D eigenvalue weighted by Crippen LogP contribution is 2.55. The highest BCUT2D eigenvalue weighted by atomic mass is 32.2. The predicted octanol–water partition coefficient (Wildman–Crippen LogP) is 6.48. The number of aliphatic imine (C=N–C) groups is 1. The first-order chi connectivity index (χ1) is 14.6. The van der Waals surface area contributed by atoms with Crippen LogP contribution in [-0.4, -0.2) is 22.2 Å². The number of fused-ring (bicyclic) bond motifs is 6. The molecule has 3 aliphatic rings. The van der Waals surface area contributed by atoms with E-state index < -0.39 is 0 Å². The molecule has 0 fully saturated rings. The Morgan fingerprint density at radius 2 is 1.77 bits per heavy atom. The van der Waals surface area contributed by atoms with E-state index in [0.29, 0.717) is 6.61 Å². The third kappa shape index (κ3) is 2.43. The van der Waals surface area contributed by atoms with Crippen molar-refractivity contribution in [1.82, 2.24) is 4.90 Å². The molecule has 0 saturated heterocycles. The first kappa shape index (κ1) is 18.1. The van der Waals surface area contributed by atoms with E-state index in [2.05, 4.69) is 92.4 Å². The highest BCUT2D eigenvalue weighted by molar-refractivity contribution is 8.17. The molecule has 4 heteroatoms. The first-order valence-corrected chi connectivity index (χ1v) is 11.3. The highest BCUT2D eigenvalue weighted by Gasteiger charge is 2.52. The summed E-state index contributed by atoms with van der Waals surface area (Å²) in [7, 11) is 0. The van der Waals surface area contributed by atoms with Crippen molar-refractivity contribution in [3.8, 4) is 5.75 Å². The molecule has 0 spiro atoms. The van der Waals surface area contributed by atoms with Gasteiger partial charge in [0.2, 0.25) is 0 Å². The van der Waals surface area contributed by atoms with Gasteiger partial charge in [-0.25, -0.2) is 0 Å². The molecule has 150 valence electrons. The molecule has 0 amide bonds. The zero-order valence-corrected chi connectivity index (χ0v) is 18.2. The van der Waals surface area contributed by atoms with Crippen molar-refractivity contribution >= 4 is 33.4 Å². The fourth-order valence-electron chi connectivity index (χ4n) is 5.24. The third-order valence-electron chi connectivity index (χ3n) is 6.80. The molecule has 0 bridgehead atoms. The van der Waals surface area contributed by atoms with E-state index in [1.807, 2.05) is 0 Å². The van der Waals surface area contributed by atoms with Gasteiger partial charge in [-0.1, -0.05) is 72.4 Å². The fourth-order valence-corrected chi connectivity index (χ4v) is 6.40. The number of nitrogens with zero attached hydrogens (tertiary/aromatic N) is 2. The number of allylic oxidation sites excluding steroid dienone is 1.